The highest BCUT2D eigenvalue weighted by atomic mass is 32.1. The zero-order valence-electron chi connectivity index (χ0n) is 19.6. The maximum absolute atomic E-state index is 10.7. The standard InChI is InChI=1S/C18H37NO.C5H10N2O3S/c1-2-3-4-5-6-7-8-9-10-11-12-13-14-15-16-17-18(19)20;6-3(2-11)5(10)7-1-4(8)9/h2-17H2,1H3,(H2,19,20);3,11H,1-2,6H2,(H,7,10)(H,8,9). The summed E-state index contributed by atoms with van der Waals surface area (Å²) in [5.41, 5.74) is 10.3. The fourth-order valence-electron chi connectivity index (χ4n) is 3.05. The summed E-state index contributed by atoms with van der Waals surface area (Å²) in [5.74, 6) is -1.54. The molecule has 6 N–H and O–H groups in total. The van der Waals surface area contributed by atoms with Gasteiger partial charge in [-0.3, -0.25) is 14.4 Å². The first-order valence-electron chi connectivity index (χ1n) is 12.0. The van der Waals surface area contributed by atoms with E-state index in [-0.39, 0.29) is 11.7 Å². The Morgan fingerprint density at radius 3 is 1.52 bits per heavy atom. The van der Waals surface area contributed by atoms with Crippen LogP contribution in [0.4, 0.5) is 0 Å². The summed E-state index contributed by atoms with van der Waals surface area (Å²) in [6, 6.07) is -0.738. The summed E-state index contributed by atoms with van der Waals surface area (Å²) >= 11 is 3.77. The average Bonchev–Trinajstić information content (AvgIpc) is 2.74. The Morgan fingerprint density at radius 2 is 1.19 bits per heavy atom. The van der Waals surface area contributed by atoms with E-state index in [1.807, 2.05) is 0 Å². The first kappa shape index (κ1) is 31.9. The van der Waals surface area contributed by atoms with Crippen LogP contribution in [0.5, 0.6) is 0 Å². The molecule has 184 valence electrons. The Bertz CT molecular complexity index is 451. The van der Waals surface area contributed by atoms with Crippen molar-refractivity contribution >= 4 is 30.4 Å². The molecule has 0 spiro atoms. The number of primary amides is 1. The molecule has 0 aromatic rings. The van der Waals surface area contributed by atoms with Crippen molar-refractivity contribution in [2.45, 2.75) is 116 Å². The molecule has 0 aliphatic heterocycles. The predicted molar refractivity (Wildman–Crippen MR) is 131 cm³/mol. The molecule has 0 saturated heterocycles. The van der Waals surface area contributed by atoms with Crippen LogP contribution in [0.2, 0.25) is 0 Å². The van der Waals surface area contributed by atoms with Crippen molar-refractivity contribution in [3.8, 4) is 0 Å². The first-order valence-corrected chi connectivity index (χ1v) is 12.6. The molecule has 0 radical (unpaired) electrons. The van der Waals surface area contributed by atoms with E-state index in [2.05, 4.69) is 24.9 Å². The number of nitrogens with one attached hydrogen (secondary N) is 1. The maximum atomic E-state index is 10.7. The van der Waals surface area contributed by atoms with E-state index in [0.29, 0.717) is 6.42 Å². The number of hydrogen-bond acceptors (Lipinski definition) is 5. The van der Waals surface area contributed by atoms with E-state index in [1.54, 1.807) is 0 Å². The lowest BCUT2D eigenvalue weighted by Crippen LogP contribution is -2.43. The Balaban J connectivity index is 0. The van der Waals surface area contributed by atoms with Crippen molar-refractivity contribution in [2.24, 2.45) is 11.5 Å². The number of carboxylic acid groups (broad SMARTS) is 1. The summed E-state index contributed by atoms with van der Waals surface area (Å²) in [6.45, 7) is 1.87. The van der Waals surface area contributed by atoms with Gasteiger partial charge in [0.05, 0.1) is 6.04 Å². The summed E-state index contributed by atoms with van der Waals surface area (Å²) < 4.78 is 0. The lowest BCUT2D eigenvalue weighted by atomic mass is 10.0. The molecular formula is C23H47N3O4S. The number of thiol groups is 1. The fourth-order valence-corrected chi connectivity index (χ4v) is 3.21. The first-order chi connectivity index (χ1) is 14.8. The number of carbonyl (C=O) groups excluding carboxylic acids is 2. The van der Waals surface area contributed by atoms with E-state index < -0.39 is 24.5 Å². The van der Waals surface area contributed by atoms with Crippen LogP contribution in [0, 0.1) is 0 Å². The molecule has 0 aliphatic carbocycles. The maximum Gasteiger partial charge on any atom is 0.322 e. The van der Waals surface area contributed by atoms with Gasteiger partial charge in [0.1, 0.15) is 6.54 Å². The van der Waals surface area contributed by atoms with E-state index in [1.165, 1.54) is 89.9 Å². The van der Waals surface area contributed by atoms with Gasteiger partial charge in [0.15, 0.2) is 0 Å². The normalized spacial score (nSPS) is 11.3. The van der Waals surface area contributed by atoms with Crippen molar-refractivity contribution < 1.29 is 19.5 Å². The highest BCUT2D eigenvalue weighted by molar-refractivity contribution is 7.80. The summed E-state index contributed by atoms with van der Waals surface area (Å²) in [5, 5.41) is 10.3. The van der Waals surface area contributed by atoms with E-state index in [0.717, 1.165) is 6.42 Å². The van der Waals surface area contributed by atoms with Crippen molar-refractivity contribution in [3.05, 3.63) is 0 Å². The number of rotatable bonds is 20. The molecule has 0 aliphatic rings. The van der Waals surface area contributed by atoms with E-state index >= 15 is 0 Å². The van der Waals surface area contributed by atoms with Gasteiger partial charge in [-0.05, 0) is 6.42 Å². The summed E-state index contributed by atoms with van der Waals surface area (Å²) in [7, 11) is 0. The van der Waals surface area contributed by atoms with Crippen molar-refractivity contribution in [3.63, 3.8) is 0 Å². The van der Waals surface area contributed by atoms with Gasteiger partial charge in [0, 0.05) is 12.2 Å². The smallest absolute Gasteiger partial charge is 0.322 e. The predicted octanol–water partition coefficient (Wildman–Crippen LogP) is 4.18. The minimum atomic E-state index is -1.09. The van der Waals surface area contributed by atoms with Gasteiger partial charge in [-0.1, -0.05) is 96.8 Å². The van der Waals surface area contributed by atoms with Crippen LogP contribution in [0.3, 0.4) is 0 Å². The molecule has 1 unspecified atom stereocenters. The largest absolute Gasteiger partial charge is 0.480 e. The molecule has 31 heavy (non-hydrogen) atoms. The Morgan fingerprint density at radius 1 is 0.806 bits per heavy atom. The highest BCUT2D eigenvalue weighted by Gasteiger charge is 2.11. The number of unbranched alkanes of at least 4 members (excludes halogenated alkanes) is 14. The fraction of sp³-hybridized carbons (Fsp3) is 0.870. The highest BCUT2D eigenvalue weighted by Crippen LogP contribution is 2.13. The molecular weight excluding hydrogens is 414 g/mol. The molecule has 0 aromatic heterocycles. The SMILES string of the molecule is CCCCCCCCCCCCCCCCCC(N)=O.NC(CS)C(=O)NCC(=O)O. The van der Waals surface area contributed by atoms with Crippen molar-refractivity contribution in [2.75, 3.05) is 12.3 Å². The minimum absolute atomic E-state index is 0.153. The van der Waals surface area contributed by atoms with E-state index in [4.69, 9.17) is 16.6 Å². The van der Waals surface area contributed by atoms with Gasteiger partial charge in [-0.25, -0.2) is 0 Å². The molecule has 1 atom stereocenters. The monoisotopic (exact) mass is 461 g/mol. The third-order valence-electron chi connectivity index (χ3n) is 4.97. The Kier molecular flexibility index (Phi) is 25.7. The number of carbonyl (C=O) groups is 3. The molecule has 0 aromatic carbocycles. The molecule has 2 amide bonds. The second-order valence-corrected chi connectivity index (χ2v) is 8.43. The number of amides is 2. The molecule has 0 saturated carbocycles. The Hall–Kier alpha value is -1.28. The number of aliphatic carboxylic acids is 1. The van der Waals surface area contributed by atoms with Crippen LogP contribution < -0.4 is 16.8 Å². The summed E-state index contributed by atoms with van der Waals surface area (Å²) in [4.78, 5) is 31.2. The second-order valence-electron chi connectivity index (χ2n) is 8.07. The lowest BCUT2D eigenvalue weighted by molar-refractivity contribution is -0.138. The molecule has 8 heteroatoms. The zero-order valence-corrected chi connectivity index (χ0v) is 20.5. The third kappa shape index (κ3) is 28.7. The molecule has 0 rings (SSSR count). The second kappa shape index (κ2) is 25.0. The van der Waals surface area contributed by atoms with Gasteiger partial charge >= 0.3 is 5.97 Å². The quantitative estimate of drug-likeness (QED) is 0.137. The molecule has 7 nitrogen and oxygen atoms in total. The summed E-state index contributed by atoms with van der Waals surface area (Å²) in [6.07, 6.45) is 20.9. The van der Waals surface area contributed by atoms with E-state index in [9.17, 15) is 14.4 Å². The minimum Gasteiger partial charge on any atom is -0.480 e. The number of carboxylic acids is 1. The van der Waals surface area contributed by atoms with Crippen LogP contribution in [0.1, 0.15) is 110 Å². The molecule has 0 fully saturated rings. The van der Waals surface area contributed by atoms with Crippen molar-refractivity contribution in [1.29, 1.82) is 0 Å². The average molecular weight is 462 g/mol. The molecule has 0 heterocycles. The molecule has 0 bridgehead atoms. The number of hydrogen-bond donors (Lipinski definition) is 5. The van der Waals surface area contributed by atoms with Crippen LogP contribution in [-0.2, 0) is 14.4 Å². The number of nitrogens with two attached hydrogens (primary N) is 2. The van der Waals surface area contributed by atoms with Gasteiger partial charge in [-0.2, -0.15) is 12.6 Å². The Labute approximate surface area is 194 Å². The third-order valence-corrected chi connectivity index (χ3v) is 5.37. The van der Waals surface area contributed by atoms with Gasteiger partial charge in [-0.15, -0.1) is 0 Å². The van der Waals surface area contributed by atoms with Gasteiger partial charge in [0.2, 0.25) is 11.8 Å². The van der Waals surface area contributed by atoms with Gasteiger partial charge < -0.3 is 21.9 Å². The topological polar surface area (TPSA) is 136 Å². The van der Waals surface area contributed by atoms with Crippen LogP contribution in [-0.4, -0.2) is 41.2 Å². The van der Waals surface area contributed by atoms with Crippen LogP contribution in [0.25, 0.3) is 0 Å². The lowest BCUT2D eigenvalue weighted by Gasteiger charge is -2.06. The van der Waals surface area contributed by atoms with Crippen molar-refractivity contribution in [1.82, 2.24) is 5.32 Å². The van der Waals surface area contributed by atoms with Crippen LogP contribution in [0.15, 0.2) is 0 Å². The van der Waals surface area contributed by atoms with Gasteiger partial charge in [0.25, 0.3) is 0 Å². The van der Waals surface area contributed by atoms with Crippen LogP contribution >= 0.6 is 12.6 Å². The zero-order chi connectivity index (χ0) is 23.7.